The van der Waals surface area contributed by atoms with Crippen molar-refractivity contribution in [3.05, 3.63) is 29.6 Å². The number of nitrogens with two attached hydrogens (primary N) is 1. The van der Waals surface area contributed by atoms with E-state index in [4.69, 9.17) is 22.7 Å². The van der Waals surface area contributed by atoms with Crippen LogP contribution < -0.4 is 10.6 Å². The van der Waals surface area contributed by atoms with Crippen molar-refractivity contribution in [1.82, 2.24) is 0 Å². The Bertz CT molecular complexity index is 538. The van der Waals surface area contributed by atoms with Crippen LogP contribution in [0.4, 0.5) is 10.1 Å². The van der Waals surface area contributed by atoms with Crippen LogP contribution in [0.2, 0.25) is 0 Å². The summed E-state index contributed by atoms with van der Waals surface area (Å²) < 4.78 is 24.0. The van der Waals surface area contributed by atoms with Gasteiger partial charge in [-0.25, -0.2) is 9.18 Å². The number of thiocarbonyl (C=S) groups is 1. The van der Waals surface area contributed by atoms with Crippen LogP contribution in [0.3, 0.4) is 0 Å². The van der Waals surface area contributed by atoms with E-state index < -0.39 is 17.9 Å². The van der Waals surface area contributed by atoms with E-state index in [9.17, 15) is 9.18 Å². The maximum absolute atomic E-state index is 14.1. The van der Waals surface area contributed by atoms with E-state index in [1.807, 2.05) is 0 Å². The summed E-state index contributed by atoms with van der Waals surface area (Å²) in [6.07, 6.45) is -0.705. The number of morpholine rings is 1. The third kappa shape index (κ3) is 3.05. The van der Waals surface area contributed by atoms with Crippen LogP contribution in [0.5, 0.6) is 0 Å². The van der Waals surface area contributed by atoms with Gasteiger partial charge in [-0.2, -0.15) is 0 Å². The number of benzene rings is 1. The number of esters is 1. The maximum atomic E-state index is 14.1. The van der Waals surface area contributed by atoms with Gasteiger partial charge in [0.25, 0.3) is 0 Å². The van der Waals surface area contributed by atoms with Gasteiger partial charge in [0, 0.05) is 12.1 Å². The molecule has 20 heavy (non-hydrogen) atoms. The SMILES string of the molecule is COC(=O)C1CN(c2ccc(C(N)=S)cc2F)CCO1. The molecule has 1 heterocycles. The highest BCUT2D eigenvalue weighted by Gasteiger charge is 2.28. The van der Waals surface area contributed by atoms with E-state index in [1.165, 1.54) is 13.2 Å². The zero-order valence-corrected chi connectivity index (χ0v) is 11.8. The zero-order chi connectivity index (χ0) is 14.7. The molecule has 1 aliphatic rings. The van der Waals surface area contributed by atoms with Crippen molar-refractivity contribution >= 4 is 28.9 Å². The molecule has 1 unspecified atom stereocenters. The minimum atomic E-state index is -0.705. The number of carbonyl (C=O) groups is 1. The standard InChI is InChI=1S/C13H15FN2O3S/c1-18-13(17)11-7-16(4-5-19-11)10-3-2-8(12(15)20)6-9(10)14/h2-3,6,11H,4-5,7H2,1H3,(H2,15,20). The molecule has 7 heteroatoms. The Morgan fingerprint density at radius 3 is 2.95 bits per heavy atom. The quantitative estimate of drug-likeness (QED) is 0.659. The summed E-state index contributed by atoms with van der Waals surface area (Å²) in [4.78, 5) is 13.4. The number of anilines is 1. The molecule has 1 aromatic rings. The Balaban J connectivity index is 2.19. The summed E-state index contributed by atoms with van der Waals surface area (Å²) in [5.74, 6) is -0.893. The van der Waals surface area contributed by atoms with Crippen LogP contribution in [-0.4, -0.2) is 43.9 Å². The molecule has 2 N–H and O–H groups in total. The Morgan fingerprint density at radius 2 is 2.35 bits per heavy atom. The number of ether oxygens (including phenoxy) is 2. The predicted molar refractivity (Wildman–Crippen MR) is 76.3 cm³/mol. The monoisotopic (exact) mass is 298 g/mol. The molecule has 0 aromatic heterocycles. The van der Waals surface area contributed by atoms with Crippen LogP contribution in [0.1, 0.15) is 5.56 Å². The highest BCUT2D eigenvalue weighted by atomic mass is 32.1. The van der Waals surface area contributed by atoms with Crippen molar-refractivity contribution < 1.29 is 18.7 Å². The van der Waals surface area contributed by atoms with Gasteiger partial charge in [-0.05, 0) is 18.2 Å². The van der Waals surface area contributed by atoms with E-state index in [0.717, 1.165) is 0 Å². The Labute approximate surface area is 121 Å². The third-order valence-corrected chi connectivity index (χ3v) is 3.34. The molecular weight excluding hydrogens is 283 g/mol. The molecule has 0 saturated carbocycles. The zero-order valence-electron chi connectivity index (χ0n) is 11.0. The summed E-state index contributed by atoms with van der Waals surface area (Å²) in [5.41, 5.74) is 6.32. The van der Waals surface area contributed by atoms with Crippen LogP contribution in [-0.2, 0) is 14.3 Å². The second-order valence-electron chi connectivity index (χ2n) is 4.36. The summed E-state index contributed by atoms with van der Waals surface area (Å²) in [6.45, 7) is 1.07. The fourth-order valence-electron chi connectivity index (χ4n) is 2.06. The first-order chi connectivity index (χ1) is 9.52. The second-order valence-corrected chi connectivity index (χ2v) is 4.80. The molecule has 2 rings (SSSR count). The van der Waals surface area contributed by atoms with Gasteiger partial charge in [0.15, 0.2) is 6.10 Å². The number of hydrogen-bond donors (Lipinski definition) is 1. The van der Waals surface area contributed by atoms with Gasteiger partial charge >= 0.3 is 5.97 Å². The molecule has 0 aliphatic carbocycles. The van der Waals surface area contributed by atoms with Crippen LogP contribution in [0.15, 0.2) is 18.2 Å². The third-order valence-electron chi connectivity index (χ3n) is 3.10. The van der Waals surface area contributed by atoms with Gasteiger partial charge in [0.05, 0.1) is 25.9 Å². The van der Waals surface area contributed by atoms with Crippen molar-refractivity contribution in [2.24, 2.45) is 5.73 Å². The number of halogens is 1. The lowest BCUT2D eigenvalue weighted by molar-refractivity contribution is -0.154. The molecule has 0 radical (unpaired) electrons. The van der Waals surface area contributed by atoms with E-state index in [2.05, 4.69) is 4.74 Å². The highest BCUT2D eigenvalue weighted by molar-refractivity contribution is 7.80. The molecular formula is C13H15FN2O3S. The van der Waals surface area contributed by atoms with Crippen molar-refractivity contribution in [2.75, 3.05) is 31.7 Å². The smallest absolute Gasteiger partial charge is 0.336 e. The minimum Gasteiger partial charge on any atom is -0.467 e. The fourth-order valence-corrected chi connectivity index (χ4v) is 2.19. The topological polar surface area (TPSA) is 64.8 Å². The first-order valence-electron chi connectivity index (χ1n) is 6.06. The second kappa shape index (κ2) is 6.15. The van der Waals surface area contributed by atoms with Gasteiger partial charge < -0.3 is 20.1 Å². The Kier molecular flexibility index (Phi) is 4.51. The van der Waals surface area contributed by atoms with Crippen molar-refractivity contribution in [3.63, 3.8) is 0 Å². The molecule has 1 fully saturated rings. The number of nitrogens with zero attached hydrogens (tertiary/aromatic N) is 1. The largest absolute Gasteiger partial charge is 0.467 e. The van der Waals surface area contributed by atoms with Crippen molar-refractivity contribution in [2.45, 2.75) is 6.10 Å². The molecule has 0 spiro atoms. The average Bonchev–Trinajstić information content (AvgIpc) is 2.46. The lowest BCUT2D eigenvalue weighted by Crippen LogP contribution is -2.46. The number of methoxy groups -OCH3 is 1. The first kappa shape index (κ1) is 14.7. The van der Waals surface area contributed by atoms with Crippen LogP contribution >= 0.6 is 12.2 Å². The van der Waals surface area contributed by atoms with Crippen LogP contribution in [0.25, 0.3) is 0 Å². The van der Waals surface area contributed by atoms with E-state index in [-0.39, 0.29) is 11.5 Å². The summed E-state index contributed by atoms with van der Waals surface area (Å²) in [5, 5.41) is 0. The van der Waals surface area contributed by atoms with Crippen molar-refractivity contribution in [3.8, 4) is 0 Å². The van der Waals surface area contributed by atoms with Crippen molar-refractivity contribution in [1.29, 1.82) is 0 Å². The van der Waals surface area contributed by atoms with Crippen LogP contribution in [0, 0.1) is 5.82 Å². The lowest BCUT2D eigenvalue weighted by Gasteiger charge is -2.33. The molecule has 0 amide bonds. The van der Waals surface area contributed by atoms with Gasteiger partial charge in [-0.3, -0.25) is 0 Å². The lowest BCUT2D eigenvalue weighted by atomic mass is 10.1. The molecule has 0 bridgehead atoms. The Morgan fingerprint density at radius 1 is 1.60 bits per heavy atom. The van der Waals surface area contributed by atoms with Gasteiger partial charge in [-0.15, -0.1) is 0 Å². The van der Waals surface area contributed by atoms with E-state index in [0.29, 0.717) is 24.4 Å². The Hall–Kier alpha value is -1.73. The predicted octanol–water partition coefficient (Wildman–Crippen LogP) is 0.838. The molecule has 1 aliphatic heterocycles. The van der Waals surface area contributed by atoms with E-state index in [1.54, 1.807) is 17.0 Å². The maximum Gasteiger partial charge on any atom is 0.336 e. The fraction of sp³-hybridized carbons (Fsp3) is 0.385. The highest BCUT2D eigenvalue weighted by Crippen LogP contribution is 2.23. The summed E-state index contributed by atoms with van der Waals surface area (Å²) in [6, 6.07) is 4.55. The molecule has 5 nitrogen and oxygen atoms in total. The number of hydrogen-bond acceptors (Lipinski definition) is 5. The number of carbonyl (C=O) groups excluding carboxylic acids is 1. The number of rotatable bonds is 3. The summed E-state index contributed by atoms with van der Waals surface area (Å²) in [7, 11) is 1.29. The molecule has 1 saturated heterocycles. The average molecular weight is 298 g/mol. The molecule has 1 aromatic carbocycles. The summed E-state index contributed by atoms with van der Waals surface area (Å²) >= 11 is 4.81. The van der Waals surface area contributed by atoms with Gasteiger partial charge in [-0.1, -0.05) is 12.2 Å². The molecule has 1 atom stereocenters. The van der Waals surface area contributed by atoms with Gasteiger partial charge in [0.2, 0.25) is 0 Å². The van der Waals surface area contributed by atoms with E-state index >= 15 is 0 Å². The first-order valence-corrected chi connectivity index (χ1v) is 6.47. The normalized spacial score (nSPS) is 18.7. The van der Waals surface area contributed by atoms with Gasteiger partial charge in [0.1, 0.15) is 10.8 Å². The minimum absolute atomic E-state index is 0.143. The molecule has 108 valence electrons.